The molecule has 2 unspecified atom stereocenters. The lowest BCUT2D eigenvalue weighted by molar-refractivity contribution is 0.169. The maximum atomic E-state index is 12.7. The van der Waals surface area contributed by atoms with Gasteiger partial charge < -0.3 is 19.7 Å². The van der Waals surface area contributed by atoms with Crippen molar-refractivity contribution < 1.29 is 14.3 Å². The molecule has 166 valence electrons. The molecule has 0 aliphatic carbocycles. The number of nitrogens with zero attached hydrogens (tertiary/aromatic N) is 1. The lowest BCUT2D eigenvalue weighted by atomic mass is 9.86. The van der Waals surface area contributed by atoms with E-state index in [4.69, 9.17) is 9.47 Å². The Morgan fingerprint density at radius 3 is 2.48 bits per heavy atom. The molecule has 7 nitrogen and oxygen atoms in total. The smallest absolute Gasteiger partial charge is 0.321 e. The number of benzene rings is 2. The van der Waals surface area contributed by atoms with E-state index in [9.17, 15) is 4.79 Å². The van der Waals surface area contributed by atoms with Gasteiger partial charge in [-0.2, -0.15) is 0 Å². The van der Waals surface area contributed by atoms with Crippen LogP contribution in [0.25, 0.3) is 0 Å². The number of likely N-dealkylation sites (tertiary alicyclic amines) is 1. The number of urea groups is 1. The van der Waals surface area contributed by atoms with Crippen molar-refractivity contribution in [1.82, 2.24) is 15.8 Å². The number of anilines is 1. The molecule has 2 aliphatic rings. The second kappa shape index (κ2) is 9.58. The molecule has 4 rings (SSSR count). The summed E-state index contributed by atoms with van der Waals surface area (Å²) in [5, 5.41) is 3.05. The Hall–Kier alpha value is -2.77. The zero-order valence-electron chi connectivity index (χ0n) is 18.5. The SMILES string of the molecule is COc1cccc(C2CC(C3CCN(C(=O)Nc4ccc(OC)cc4C)CC3)NN2)c1. The molecule has 0 radical (unpaired) electrons. The Bertz CT molecular complexity index is 911. The fraction of sp³-hybridized carbons (Fsp3) is 0.458. The number of nitrogens with one attached hydrogen (secondary N) is 3. The van der Waals surface area contributed by atoms with Crippen LogP contribution in [-0.4, -0.2) is 44.3 Å². The van der Waals surface area contributed by atoms with Crippen LogP contribution in [0.5, 0.6) is 11.5 Å². The van der Waals surface area contributed by atoms with Crippen molar-refractivity contribution >= 4 is 11.7 Å². The van der Waals surface area contributed by atoms with Crippen molar-refractivity contribution in [3.8, 4) is 11.5 Å². The molecule has 2 aromatic carbocycles. The van der Waals surface area contributed by atoms with Gasteiger partial charge in [-0.05, 0) is 73.6 Å². The van der Waals surface area contributed by atoms with Crippen molar-refractivity contribution in [1.29, 1.82) is 0 Å². The van der Waals surface area contributed by atoms with Crippen molar-refractivity contribution in [2.45, 2.75) is 38.3 Å². The van der Waals surface area contributed by atoms with Gasteiger partial charge in [0.05, 0.1) is 14.2 Å². The average molecular weight is 425 g/mol. The Kier molecular flexibility index (Phi) is 6.63. The predicted molar refractivity (Wildman–Crippen MR) is 121 cm³/mol. The minimum Gasteiger partial charge on any atom is -0.497 e. The van der Waals surface area contributed by atoms with E-state index in [1.807, 2.05) is 42.2 Å². The number of carbonyl (C=O) groups is 1. The van der Waals surface area contributed by atoms with Crippen LogP contribution in [0, 0.1) is 12.8 Å². The topological polar surface area (TPSA) is 74.9 Å². The third-order valence-corrected chi connectivity index (χ3v) is 6.50. The molecule has 2 heterocycles. The molecule has 7 heteroatoms. The van der Waals surface area contributed by atoms with Gasteiger partial charge in [0, 0.05) is 30.9 Å². The van der Waals surface area contributed by atoms with Crippen molar-refractivity contribution in [3.63, 3.8) is 0 Å². The maximum Gasteiger partial charge on any atom is 0.321 e. The molecule has 3 N–H and O–H groups in total. The molecule has 2 amide bonds. The van der Waals surface area contributed by atoms with Gasteiger partial charge >= 0.3 is 6.03 Å². The summed E-state index contributed by atoms with van der Waals surface area (Å²) in [4.78, 5) is 14.7. The Labute approximate surface area is 184 Å². The van der Waals surface area contributed by atoms with Gasteiger partial charge in [0.2, 0.25) is 0 Å². The quantitative estimate of drug-likeness (QED) is 0.680. The number of carbonyl (C=O) groups excluding carboxylic acids is 1. The highest BCUT2D eigenvalue weighted by molar-refractivity contribution is 5.90. The second-order valence-electron chi connectivity index (χ2n) is 8.40. The molecule has 0 saturated carbocycles. The Balaban J connectivity index is 1.28. The molecule has 2 atom stereocenters. The van der Waals surface area contributed by atoms with Gasteiger partial charge in [0.25, 0.3) is 0 Å². The minimum absolute atomic E-state index is 0.0292. The number of piperidine rings is 1. The molecule has 2 saturated heterocycles. The first kappa shape index (κ1) is 21.5. The highest BCUT2D eigenvalue weighted by atomic mass is 16.5. The molecule has 0 aromatic heterocycles. The standard InChI is InChI=1S/C24H32N4O3/c1-16-13-20(31-3)7-8-21(16)25-24(29)28-11-9-17(10-12-28)22-15-23(27-26-22)18-5-4-6-19(14-18)30-2/h4-8,13-14,17,22-23,26-27H,9-12,15H2,1-3H3,(H,25,29). The first-order valence-corrected chi connectivity index (χ1v) is 10.9. The zero-order valence-corrected chi connectivity index (χ0v) is 18.5. The van der Waals surface area contributed by atoms with E-state index in [0.29, 0.717) is 12.0 Å². The van der Waals surface area contributed by atoms with Crippen LogP contribution in [-0.2, 0) is 0 Å². The maximum absolute atomic E-state index is 12.7. The van der Waals surface area contributed by atoms with E-state index in [1.165, 1.54) is 5.56 Å². The van der Waals surface area contributed by atoms with Crippen LogP contribution in [0.2, 0.25) is 0 Å². The molecule has 2 aliphatic heterocycles. The Morgan fingerprint density at radius 1 is 1.03 bits per heavy atom. The third-order valence-electron chi connectivity index (χ3n) is 6.50. The van der Waals surface area contributed by atoms with Gasteiger partial charge in [0.15, 0.2) is 0 Å². The third kappa shape index (κ3) is 4.94. The summed E-state index contributed by atoms with van der Waals surface area (Å²) in [6.45, 7) is 3.52. The number of hydrogen-bond donors (Lipinski definition) is 3. The fourth-order valence-corrected chi connectivity index (χ4v) is 4.57. The van der Waals surface area contributed by atoms with Crippen molar-refractivity contribution in [2.75, 3.05) is 32.6 Å². The number of amides is 2. The summed E-state index contributed by atoms with van der Waals surface area (Å²) in [5.41, 5.74) is 10.00. The molecule has 2 aromatic rings. The Morgan fingerprint density at radius 2 is 1.77 bits per heavy atom. The van der Waals surface area contributed by atoms with E-state index >= 15 is 0 Å². The normalized spacial score (nSPS) is 21.7. The number of rotatable bonds is 5. The molecular weight excluding hydrogens is 392 g/mol. The van der Waals surface area contributed by atoms with Gasteiger partial charge in [-0.25, -0.2) is 4.79 Å². The van der Waals surface area contributed by atoms with E-state index in [1.54, 1.807) is 14.2 Å². The van der Waals surface area contributed by atoms with Crippen LogP contribution in [0.3, 0.4) is 0 Å². The van der Waals surface area contributed by atoms with Crippen molar-refractivity contribution in [2.24, 2.45) is 5.92 Å². The monoisotopic (exact) mass is 424 g/mol. The summed E-state index contributed by atoms with van der Waals surface area (Å²) >= 11 is 0. The van der Waals surface area contributed by atoms with Gasteiger partial charge in [-0.1, -0.05) is 12.1 Å². The minimum atomic E-state index is -0.0292. The molecule has 0 spiro atoms. The number of hydrazine groups is 1. The first-order valence-electron chi connectivity index (χ1n) is 10.9. The number of aryl methyl sites for hydroxylation is 1. The number of hydrogen-bond acceptors (Lipinski definition) is 5. The van der Waals surface area contributed by atoms with E-state index in [2.05, 4.69) is 28.3 Å². The highest BCUT2D eigenvalue weighted by Gasteiger charge is 2.34. The lowest BCUT2D eigenvalue weighted by Gasteiger charge is -2.34. The van der Waals surface area contributed by atoms with Crippen molar-refractivity contribution in [3.05, 3.63) is 53.6 Å². The average Bonchev–Trinajstić information content (AvgIpc) is 3.31. The summed E-state index contributed by atoms with van der Waals surface area (Å²) in [5.74, 6) is 2.23. The van der Waals surface area contributed by atoms with Crippen LogP contribution < -0.4 is 25.6 Å². The van der Waals surface area contributed by atoms with Crippen LogP contribution >= 0.6 is 0 Å². The predicted octanol–water partition coefficient (Wildman–Crippen LogP) is 3.86. The zero-order chi connectivity index (χ0) is 21.8. The lowest BCUT2D eigenvalue weighted by Crippen LogP contribution is -2.45. The fourth-order valence-electron chi connectivity index (χ4n) is 4.57. The second-order valence-corrected chi connectivity index (χ2v) is 8.40. The van der Waals surface area contributed by atoms with Gasteiger partial charge in [-0.15, -0.1) is 0 Å². The summed E-state index contributed by atoms with van der Waals surface area (Å²) in [6, 6.07) is 14.6. The highest BCUT2D eigenvalue weighted by Crippen LogP contribution is 2.32. The first-order chi connectivity index (χ1) is 15.1. The largest absolute Gasteiger partial charge is 0.497 e. The van der Waals surface area contributed by atoms with E-state index < -0.39 is 0 Å². The van der Waals surface area contributed by atoms with E-state index in [0.717, 1.165) is 55.1 Å². The molecule has 2 fully saturated rings. The number of methoxy groups -OCH3 is 2. The van der Waals surface area contributed by atoms with E-state index in [-0.39, 0.29) is 12.1 Å². The molecule has 0 bridgehead atoms. The van der Waals surface area contributed by atoms with Crippen LogP contribution in [0.4, 0.5) is 10.5 Å². The van der Waals surface area contributed by atoms with Crippen LogP contribution in [0.15, 0.2) is 42.5 Å². The summed E-state index contributed by atoms with van der Waals surface area (Å²) in [6.07, 6.45) is 3.04. The van der Waals surface area contributed by atoms with Gasteiger partial charge in [-0.3, -0.25) is 10.9 Å². The van der Waals surface area contributed by atoms with Gasteiger partial charge in [0.1, 0.15) is 11.5 Å². The molecule has 31 heavy (non-hydrogen) atoms. The summed E-state index contributed by atoms with van der Waals surface area (Å²) < 4.78 is 10.6. The van der Waals surface area contributed by atoms with Crippen LogP contribution in [0.1, 0.15) is 36.4 Å². The number of ether oxygens (including phenoxy) is 2. The summed E-state index contributed by atoms with van der Waals surface area (Å²) in [7, 11) is 3.34. The molecular formula is C24H32N4O3.